The predicted octanol–water partition coefficient (Wildman–Crippen LogP) is 2.61. The Morgan fingerprint density at radius 1 is 1.33 bits per heavy atom. The van der Waals surface area contributed by atoms with E-state index in [1.165, 1.54) is 0 Å². The molecular weight excluding hydrogens is 302 g/mol. The van der Waals surface area contributed by atoms with Gasteiger partial charge in [0.25, 0.3) is 5.56 Å². The molecule has 5 nitrogen and oxygen atoms in total. The van der Waals surface area contributed by atoms with E-state index in [0.717, 1.165) is 28.5 Å². The van der Waals surface area contributed by atoms with Gasteiger partial charge in [0, 0.05) is 24.7 Å². The standard InChI is InChI=1S/C19H21N3O2/c1-12-9-19(2,21-12)11-24-13-4-5-14-15-6-7-20-10-17(15)22(3)18(23)16(14)8-13/h4-8,10,12,21H,9,11H2,1-3H3. The average Bonchev–Trinajstić information content (AvgIpc) is 2.56. The van der Waals surface area contributed by atoms with Crippen molar-refractivity contribution < 1.29 is 4.74 Å². The molecule has 1 aliphatic rings. The molecule has 24 heavy (non-hydrogen) atoms. The van der Waals surface area contributed by atoms with E-state index < -0.39 is 0 Å². The molecule has 0 saturated carbocycles. The quantitative estimate of drug-likeness (QED) is 0.753. The molecule has 1 saturated heterocycles. The van der Waals surface area contributed by atoms with Crippen molar-refractivity contribution in [2.45, 2.75) is 31.8 Å². The molecule has 124 valence electrons. The number of aryl methyl sites for hydroxylation is 1. The molecule has 1 aromatic carbocycles. The van der Waals surface area contributed by atoms with Crippen molar-refractivity contribution >= 4 is 21.7 Å². The second-order valence-corrected chi connectivity index (χ2v) is 7.06. The largest absolute Gasteiger partial charge is 0.492 e. The number of hydrogen-bond donors (Lipinski definition) is 1. The Morgan fingerprint density at radius 3 is 2.88 bits per heavy atom. The molecule has 1 N–H and O–H groups in total. The van der Waals surface area contributed by atoms with Gasteiger partial charge < -0.3 is 14.6 Å². The monoisotopic (exact) mass is 323 g/mol. The maximum Gasteiger partial charge on any atom is 0.258 e. The van der Waals surface area contributed by atoms with E-state index in [2.05, 4.69) is 24.1 Å². The fourth-order valence-electron chi connectivity index (χ4n) is 3.79. The molecule has 0 amide bonds. The van der Waals surface area contributed by atoms with Gasteiger partial charge in [0.2, 0.25) is 0 Å². The molecule has 2 atom stereocenters. The van der Waals surface area contributed by atoms with Gasteiger partial charge in [0.15, 0.2) is 0 Å². The van der Waals surface area contributed by atoms with Gasteiger partial charge in [-0.15, -0.1) is 0 Å². The molecule has 2 aromatic heterocycles. The van der Waals surface area contributed by atoms with Gasteiger partial charge in [0.05, 0.1) is 22.6 Å². The summed E-state index contributed by atoms with van der Waals surface area (Å²) in [7, 11) is 1.78. The first-order valence-electron chi connectivity index (χ1n) is 8.24. The lowest BCUT2D eigenvalue weighted by Crippen LogP contribution is -2.63. The lowest BCUT2D eigenvalue weighted by Gasteiger charge is -2.45. The van der Waals surface area contributed by atoms with Crippen LogP contribution in [0.15, 0.2) is 41.5 Å². The van der Waals surface area contributed by atoms with E-state index in [4.69, 9.17) is 4.74 Å². The summed E-state index contributed by atoms with van der Waals surface area (Å²) in [5, 5.41) is 6.11. The SMILES string of the molecule is CC1CC(C)(COc2ccc3c(c2)c(=O)n(C)c2cnccc32)N1. The average molecular weight is 323 g/mol. The molecule has 1 aliphatic heterocycles. The first kappa shape index (κ1) is 15.1. The molecule has 4 rings (SSSR count). The number of rotatable bonds is 3. The number of benzene rings is 1. The highest BCUT2D eigenvalue weighted by Gasteiger charge is 2.37. The number of fused-ring (bicyclic) bond motifs is 3. The second-order valence-electron chi connectivity index (χ2n) is 7.06. The van der Waals surface area contributed by atoms with E-state index >= 15 is 0 Å². The van der Waals surface area contributed by atoms with Crippen molar-refractivity contribution in [1.29, 1.82) is 0 Å². The number of aromatic nitrogens is 2. The molecule has 0 aliphatic carbocycles. The van der Waals surface area contributed by atoms with Crippen LogP contribution in [0.5, 0.6) is 5.75 Å². The van der Waals surface area contributed by atoms with Gasteiger partial charge in [-0.2, -0.15) is 0 Å². The lowest BCUT2D eigenvalue weighted by atomic mass is 9.85. The summed E-state index contributed by atoms with van der Waals surface area (Å²) in [4.78, 5) is 16.8. The minimum absolute atomic E-state index is 0.0222. The van der Waals surface area contributed by atoms with Crippen LogP contribution < -0.4 is 15.6 Å². The van der Waals surface area contributed by atoms with Gasteiger partial charge in [-0.05, 0) is 49.9 Å². The third-order valence-electron chi connectivity index (χ3n) is 4.89. The zero-order valence-corrected chi connectivity index (χ0v) is 14.2. The van der Waals surface area contributed by atoms with E-state index in [-0.39, 0.29) is 11.1 Å². The van der Waals surface area contributed by atoms with Gasteiger partial charge >= 0.3 is 0 Å². The van der Waals surface area contributed by atoms with Crippen molar-refractivity contribution in [2.75, 3.05) is 6.61 Å². The summed E-state index contributed by atoms with van der Waals surface area (Å²) >= 11 is 0. The van der Waals surface area contributed by atoms with E-state index in [1.807, 2.05) is 24.3 Å². The van der Waals surface area contributed by atoms with Crippen LogP contribution in [-0.2, 0) is 7.05 Å². The number of nitrogens with zero attached hydrogens (tertiary/aromatic N) is 2. The fraction of sp³-hybridized carbons (Fsp3) is 0.368. The summed E-state index contributed by atoms with van der Waals surface area (Å²) in [5.74, 6) is 0.732. The highest BCUT2D eigenvalue weighted by molar-refractivity contribution is 6.05. The molecule has 0 radical (unpaired) electrons. The summed E-state index contributed by atoms with van der Waals surface area (Å²) < 4.78 is 7.60. The molecular formula is C19H21N3O2. The van der Waals surface area contributed by atoms with Crippen LogP contribution in [0, 0.1) is 0 Å². The van der Waals surface area contributed by atoms with E-state index in [0.29, 0.717) is 18.0 Å². The molecule has 1 fully saturated rings. The smallest absolute Gasteiger partial charge is 0.258 e. The third kappa shape index (κ3) is 2.36. The van der Waals surface area contributed by atoms with Crippen molar-refractivity contribution in [3.8, 4) is 5.75 Å². The van der Waals surface area contributed by atoms with Crippen molar-refractivity contribution in [3.05, 3.63) is 47.0 Å². The Balaban J connectivity index is 1.74. The Hall–Kier alpha value is -2.40. The first-order chi connectivity index (χ1) is 11.5. The van der Waals surface area contributed by atoms with Crippen molar-refractivity contribution in [3.63, 3.8) is 0 Å². The van der Waals surface area contributed by atoms with Crippen molar-refractivity contribution in [2.24, 2.45) is 7.05 Å². The molecule has 3 heterocycles. The van der Waals surface area contributed by atoms with Crippen LogP contribution in [0.25, 0.3) is 21.7 Å². The van der Waals surface area contributed by atoms with Gasteiger partial charge in [-0.1, -0.05) is 0 Å². The summed E-state index contributed by atoms with van der Waals surface area (Å²) in [6.45, 7) is 4.93. The fourth-order valence-corrected chi connectivity index (χ4v) is 3.79. The minimum Gasteiger partial charge on any atom is -0.492 e. The number of hydrogen-bond acceptors (Lipinski definition) is 4. The normalized spacial score (nSPS) is 23.4. The zero-order chi connectivity index (χ0) is 16.9. The summed E-state index contributed by atoms with van der Waals surface area (Å²) in [6, 6.07) is 8.24. The van der Waals surface area contributed by atoms with Crippen LogP contribution in [0.2, 0.25) is 0 Å². The van der Waals surface area contributed by atoms with Gasteiger partial charge in [-0.25, -0.2) is 0 Å². The number of pyridine rings is 2. The van der Waals surface area contributed by atoms with Gasteiger partial charge in [-0.3, -0.25) is 9.78 Å². The second kappa shape index (κ2) is 5.31. The van der Waals surface area contributed by atoms with Crippen LogP contribution in [0.1, 0.15) is 20.3 Å². The summed E-state index contributed by atoms with van der Waals surface area (Å²) in [6.07, 6.45) is 4.58. The maximum absolute atomic E-state index is 12.7. The van der Waals surface area contributed by atoms with Crippen molar-refractivity contribution in [1.82, 2.24) is 14.9 Å². The predicted molar refractivity (Wildman–Crippen MR) is 95.6 cm³/mol. The molecule has 2 unspecified atom stereocenters. The van der Waals surface area contributed by atoms with Crippen LogP contribution in [0.4, 0.5) is 0 Å². The van der Waals surface area contributed by atoms with E-state index in [9.17, 15) is 4.79 Å². The zero-order valence-electron chi connectivity index (χ0n) is 14.2. The Labute approximate surface area is 140 Å². The first-order valence-corrected chi connectivity index (χ1v) is 8.24. The highest BCUT2D eigenvalue weighted by Crippen LogP contribution is 2.28. The number of ether oxygens (including phenoxy) is 1. The maximum atomic E-state index is 12.7. The van der Waals surface area contributed by atoms with Crippen LogP contribution in [-0.4, -0.2) is 27.7 Å². The van der Waals surface area contributed by atoms with Crippen LogP contribution in [0.3, 0.4) is 0 Å². The third-order valence-corrected chi connectivity index (χ3v) is 4.89. The topological polar surface area (TPSA) is 56.2 Å². The lowest BCUT2D eigenvalue weighted by molar-refractivity contribution is 0.0952. The Kier molecular flexibility index (Phi) is 3.35. The minimum atomic E-state index is -0.0300. The van der Waals surface area contributed by atoms with Gasteiger partial charge in [0.1, 0.15) is 12.4 Å². The highest BCUT2D eigenvalue weighted by atomic mass is 16.5. The molecule has 5 heteroatoms. The molecule has 0 bridgehead atoms. The van der Waals surface area contributed by atoms with E-state index in [1.54, 1.807) is 24.0 Å². The number of nitrogens with one attached hydrogen (secondary N) is 1. The summed E-state index contributed by atoms with van der Waals surface area (Å²) in [5.41, 5.74) is 0.829. The Bertz CT molecular complexity index is 987. The molecule has 3 aromatic rings. The van der Waals surface area contributed by atoms with Crippen LogP contribution >= 0.6 is 0 Å². The molecule has 0 spiro atoms. The Morgan fingerprint density at radius 2 is 2.12 bits per heavy atom.